The van der Waals surface area contributed by atoms with Gasteiger partial charge in [-0.25, -0.2) is 0 Å². The molecule has 0 saturated heterocycles. The van der Waals surface area contributed by atoms with Crippen LogP contribution in [0.3, 0.4) is 0 Å². The molecule has 1 atom stereocenters. The fraction of sp³-hybridized carbons (Fsp3) is 0.429. The normalized spacial score (nSPS) is 11.7. The lowest BCUT2D eigenvalue weighted by atomic mass is 10.4. The Labute approximate surface area is 55.2 Å². The van der Waals surface area contributed by atoms with Crippen molar-refractivity contribution < 1.29 is 9.53 Å². The van der Waals surface area contributed by atoms with E-state index in [0.717, 1.165) is 0 Å². The van der Waals surface area contributed by atoms with Crippen LogP contribution in [0, 0.1) is 18.8 Å². The van der Waals surface area contributed by atoms with Gasteiger partial charge in [-0.05, 0) is 6.92 Å². The molecule has 0 spiro atoms. The molecular formula is C7H9O2. The lowest BCUT2D eigenvalue weighted by Gasteiger charge is -2.03. The molecule has 0 rings (SSSR count). The van der Waals surface area contributed by atoms with Gasteiger partial charge in [0.1, 0.15) is 0 Å². The molecule has 49 valence electrons. The summed E-state index contributed by atoms with van der Waals surface area (Å²) in [4.78, 5) is 10.4. The summed E-state index contributed by atoms with van der Waals surface area (Å²) in [5.74, 6) is 1.89. The maximum absolute atomic E-state index is 10.4. The summed E-state index contributed by atoms with van der Waals surface area (Å²) in [5, 5.41) is 0. The van der Waals surface area contributed by atoms with Crippen LogP contribution < -0.4 is 0 Å². The van der Waals surface area contributed by atoms with Crippen molar-refractivity contribution in [1.29, 1.82) is 0 Å². The molecular weight excluding hydrogens is 116 g/mol. The van der Waals surface area contributed by atoms with Gasteiger partial charge in [-0.1, -0.05) is 12.8 Å². The molecule has 0 aliphatic rings. The number of carbonyl (C=O) groups is 1. The first-order valence-corrected chi connectivity index (χ1v) is 2.66. The number of rotatable bonds is 2. The van der Waals surface area contributed by atoms with Crippen molar-refractivity contribution in [1.82, 2.24) is 0 Å². The zero-order valence-electron chi connectivity index (χ0n) is 5.55. The number of hydrogen-bond donors (Lipinski definition) is 0. The second kappa shape index (κ2) is 3.96. The third-order valence-electron chi connectivity index (χ3n) is 0.763. The number of ether oxygens (including phenoxy) is 1. The van der Waals surface area contributed by atoms with E-state index in [1.54, 1.807) is 13.8 Å². The van der Waals surface area contributed by atoms with Gasteiger partial charge >= 0.3 is 5.97 Å². The highest BCUT2D eigenvalue weighted by Crippen LogP contribution is 1.90. The molecule has 1 radical (unpaired) electrons. The zero-order chi connectivity index (χ0) is 7.28. The van der Waals surface area contributed by atoms with Crippen molar-refractivity contribution in [3.63, 3.8) is 0 Å². The number of terminal acetylenes is 1. The molecule has 0 bridgehead atoms. The predicted molar refractivity (Wildman–Crippen MR) is 34.4 cm³/mol. The lowest BCUT2D eigenvalue weighted by Crippen LogP contribution is -2.11. The Morgan fingerprint density at radius 2 is 2.44 bits per heavy atom. The molecule has 0 N–H and O–H groups in total. The predicted octanol–water partition coefficient (Wildman–Crippen LogP) is 0.775. The minimum Gasteiger partial charge on any atom is -0.449 e. The summed E-state index contributed by atoms with van der Waals surface area (Å²) in [7, 11) is 0. The van der Waals surface area contributed by atoms with Crippen molar-refractivity contribution in [3.8, 4) is 12.3 Å². The Hall–Kier alpha value is -0.970. The summed E-state index contributed by atoms with van der Waals surface area (Å²) >= 11 is 0. The third-order valence-corrected chi connectivity index (χ3v) is 0.763. The van der Waals surface area contributed by atoms with Gasteiger partial charge in [-0.15, -0.1) is 6.42 Å². The molecule has 0 aliphatic heterocycles. The smallest absolute Gasteiger partial charge is 0.310 e. The van der Waals surface area contributed by atoms with Crippen LogP contribution in [0.2, 0.25) is 0 Å². The second-order valence-corrected chi connectivity index (χ2v) is 1.53. The zero-order valence-corrected chi connectivity index (χ0v) is 5.55. The molecule has 0 aromatic rings. The van der Waals surface area contributed by atoms with Gasteiger partial charge in [0.2, 0.25) is 0 Å². The number of hydrogen-bond acceptors (Lipinski definition) is 2. The van der Waals surface area contributed by atoms with E-state index >= 15 is 0 Å². The van der Waals surface area contributed by atoms with Gasteiger partial charge in [-0.2, -0.15) is 0 Å². The fourth-order valence-electron chi connectivity index (χ4n) is 0.276. The van der Waals surface area contributed by atoms with Crippen LogP contribution in [0.25, 0.3) is 0 Å². The maximum Gasteiger partial charge on any atom is 0.310 e. The Morgan fingerprint density at radius 1 is 1.89 bits per heavy atom. The first-order valence-electron chi connectivity index (χ1n) is 2.66. The highest BCUT2D eigenvalue weighted by Gasteiger charge is 2.01. The van der Waals surface area contributed by atoms with Crippen LogP contribution in [0.5, 0.6) is 0 Å². The van der Waals surface area contributed by atoms with Crippen LogP contribution in [-0.2, 0) is 9.53 Å². The average Bonchev–Trinajstić information content (AvgIpc) is 1.87. The van der Waals surface area contributed by atoms with E-state index in [1.165, 1.54) is 6.42 Å². The van der Waals surface area contributed by atoms with Gasteiger partial charge in [0.15, 0.2) is 6.10 Å². The maximum atomic E-state index is 10.4. The Kier molecular flexibility index (Phi) is 3.54. The number of carbonyl (C=O) groups excluding carboxylic acids is 1. The summed E-state index contributed by atoms with van der Waals surface area (Å²) in [5.41, 5.74) is 0. The quantitative estimate of drug-likeness (QED) is 0.402. The largest absolute Gasteiger partial charge is 0.449 e. The summed E-state index contributed by atoms with van der Waals surface area (Å²) < 4.78 is 4.62. The molecule has 9 heavy (non-hydrogen) atoms. The van der Waals surface area contributed by atoms with E-state index in [2.05, 4.69) is 10.7 Å². The summed E-state index contributed by atoms with van der Waals surface area (Å²) in [6.07, 6.45) is 5.84. The van der Waals surface area contributed by atoms with Crippen LogP contribution in [0.4, 0.5) is 0 Å². The Morgan fingerprint density at radius 3 is 2.78 bits per heavy atom. The van der Waals surface area contributed by atoms with Gasteiger partial charge in [-0.3, -0.25) is 4.79 Å². The average molecular weight is 125 g/mol. The van der Waals surface area contributed by atoms with E-state index in [0.29, 0.717) is 0 Å². The first-order chi connectivity index (χ1) is 4.20. The second-order valence-electron chi connectivity index (χ2n) is 1.53. The van der Waals surface area contributed by atoms with Crippen molar-refractivity contribution in [2.45, 2.75) is 20.0 Å². The summed E-state index contributed by atoms with van der Waals surface area (Å²) in [6.45, 7) is 3.24. The highest BCUT2D eigenvalue weighted by atomic mass is 16.5. The highest BCUT2D eigenvalue weighted by molar-refractivity contribution is 5.78. The topological polar surface area (TPSA) is 26.3 Å². The third kappa shape index (κ3) is 3.60. The molecule has 0 fully saturated rings. The molecule has 0 aliphatic carbocycles. The molecule has 0 aromatic carbocycles. The van der Waals surface area contributed by atoms with Crippen LogP contribution in [0.15, 0.2) is 0 Å². The molecule has 0 heterocycles. The van der Waals surface area contributed by atoms with Crippen molar-refractivity contribution in [2.75, 3.05) is 0 Å². The van der Waals surface area contributed by atoms with Gasteiger partial charge in [0, 0.05) is 0 Å². The minimum absolute atomic E-state index is 0.375. The van der Waals surface area contributed by atoms with Gasteiger partial charge in [0.25, 0.3) is 0 Å². The Bertz CT molecular complexity index is 132. The molecule has 0 saturated carbocycles. The minimum atomic E-state index is -0.423. The molecule has 2 nitrogen and oxygen atoms in total. The lowest BCUT2D eigenvalue weighted by molar-refractivity contribution is -0.141. The van der Waals surface area contributed by atoms with Crippen molar-refractivity contribution >= 4 is 5.97 Å². The summed E-state index contributed by atoms with van der Waals surface area (Å²) in [6, 6.07) is 0. The van der Waals surface area contributed by atoms with E-state index < -0.39 is 6.10 Å². The van der Waals surface area contributed by atoms with Crippen molar-refractivity contribution in [2.24, 2.45) is 0 Å². The molecule has 1 unspecified atom stereocenters. The van der Waals surface area contributed by atoms with Crippen LogP contribution in [-0.4, -0.2) is 12.1 Å². The molecule has 0 aromatic heterocycles. The van der Waals surface area contributed by atoms with E-state index in [9.17, 15) is 4.79 Å². The van der Waals surface area contributed by atoms with E-state index in [-0.39, 0.29) is 5.97 Å². The van der Waals surface area contributed by atoms with Crippen molar-refractivity contribution in [3.05, 3.63) is 6.42 Å². The monoisotopic (exact) mass is 125 g/mol. The first kappa shape index (κ1) is 8.03. The SMILES string of the molecule is C#CC(C)OC(=O)[CH]C. The molecule has 0 amide bonds. The van der Waals surface area contributed by atoms with E-state index in [1.807, 2.05) is 0 Å². The van der Waals surface area contributed by atoms with Gasteiger partial charge < -0.3 is 4.74 Å². The van der Waals surface area contributed by atoms with Crippen LogP contribution in [0.1, 0.15) is 13.8 Å². The fourth-order valence-corrected chi connectivity index (χ4v) is 0.276. The molecule has 2 heteroatoms. The Balaban J connectivity index is 3.50. The standard InChI is InChI=1S/C7H9O2/c1-4-6(3)9-7(8)5-2/h1,5-6H,2-3H3. The number of esters is 1. The van der Waals surface area contributed by atoms with E-state index in [4.69, 9.17) is 6.42 Å². The van der Waals surface area contributed by atoms with Crippen LogP contribution >= 0.6 is 0 Å². The van der Waals surface area contributed by atoms with Gasteiger partial charge in [0.05, 0.1) is 6.42 Å².